The second-order valence-electron chi connectivity index (χ2n) is 9.35. The van der Waals surface area contributed by atoms with E-state index in [1.807, 2.05) is 11.1 Å². The monoisotopic (exact) mass is 584 g/mol. The van der Waals surface area contributed by atoms with E-state index < -0.39 is 16.1 Å². The molecule has 0 radical (unpaired) electrons. The molecular formula is C20H41IN4O4Si2. The van der Waals surface area contributed by atoms with E-state index in [0.29, 0.717) is 13.5 Å². The average molecular weight is 585 g/mol. The number of hydrogen-bond donors (Lipinski definition) is 1. The van der Waals surface area contributed by atoms with Crippen LogP contribution in [0.4, 0.5) is 0 Å². The van der Waals surface area contributed by atoms with Crippen molar-refractivity contribution in [2.45, 2.75) is 64.8 Å². The van der Waals surface area contributed by atoms with Crippen LogP contribution in [-0.4, -0.2) is 66.1 Å². The van der Waals surface area contributed by atoms with Crippen LogP contribution in [0.5, 0.6) is 11.5 Å². The molecule has 8 nitrogen and oxygen atoms in total. The summed E-state index contributed by atoms with van der Waals surface area (Å²) in [5.74, 6) is 0.947. The Morgan fingerprint density at radius 1 is 0.839 bits per heavy atom. The van der Waals surface area contributed by atoms with Crippen molar-refractivity contribution in [1.29, 1.82) is 0 Å². The summed E-state index contributed by atoms with van der Waals surface area (Å²) in [6.45, 7) is 16.5. The van der Waals surface area contributed by atoms with Crippen molar-refractivity contribution in [2.24, 2.45) is 0 Å². The number of methoxy groups -OCH3 is 1. The molecule has 0 unspecified atom stereocenters. The maximum Gasteiger partial charge on any atom is 0.156 e. The van der Waals surface area contributed by atoms with Crippen LogP contribution in [-0.2, 0) is 22.9 Å². The topological polar surface area (TPSA) is 83.6 Å². The minimum absolute atomic E-state index is 0.179. The quantitative estimate of drug-likeness (QED) is 0.170. The first-order chi connectivity index (χ1) is 14.5. The molecule has 0 saturated heterocycles. The lowest BCUT2D eigenvalue weighted by molar-refractivity contribution is 0.0783. The second-order valence-corrected chi connectivity index (χ2v) is 20.6. The SMILES string of the molecule is CI.COc1cnn(COCC[Si](C)(C)C)c1.C[Si](C)(C)CCOCn1cc(O)cn1. The number of ether oxygens (including phenoxy) is 3. The Hall–Kier alpha value is -0.896. The summed E-state index contributed by atoms with van der Waals surface area (Å²) in [6, 6.07) is 2.34. The third-order valence-electron chi connectivity index (χ3n) is 3.90. The number of nitrogens with zero attached hydrogens (tertiary/aromatic N) is 4. The minimum atomic E-state index is -0.994. The largest absolute Gasteiger partial charge is 0.505 e. The molecule has 0 atom stereocenters. The Kier molecular flexibility index (Phi) is 15.4. The molecule has 0 fully saturated rings. The van der Waals surface area contributed by atoms with Crippen LogP contribution >= 0.6 is 22.6 Å². The van der Waals surface area contributed by atoms with Crippen molar-refractivity contribution in [3.05, 3.63) is 24.8 Å². The maximum atomic E-state index is 9.01. The van der Waals surface area contributed by atoms with Gasteiger partial charge in [0, 0.05) is 29.4 Å². The van der Waals surface area contributed by atoms with Gasteiger partial charge in [-0.25, -0.2) is 9.36 Å². The molecule has 11 heteroatoms. The standard InChI is InChI=1S/C10H20N2O2Si.C9H18N2O2Si.CH3I/c1-13-10-7-11-12(8-10)9-14-5-6-15(2,3)4;1-14(2,3)5-4-13-8-11-7-9(12)6-10-11;1-2/h7-8H,5-6,9H2,1-4H3;6-7,12H,4-5,8H2,1-3H3;1H3. The van der Waals surface area contributed by atoms with E-state index in [0.717, 1.165) is 25.0 Å². The van der Waals surface area contributed by atoms with Crippen molar-refractivity contribution in [3.8, 4) is 11.5 Å². The third kappa shape index (κ3) is 17.4. The van der Waals surface area contributed by atoms with Gasteiger partial charge in [-0.3, -0.25) is 0 Å². The van der Waals surface area contributed by atoms with Crippen LogP contribution in [0.2, 0.25) is 51.4 Å². The third-order valence-corrected chi connectivity index (χ3v) is 7.31. The van der Waals surface area contributed by atoms with Crippen molar-refractivity contribution in [3.63, 3.8) is 0 Å². The molecule has 0 aliphatic rings. The highest BCUT2D eigenvalue weighted by molar-refractivity contribution is 14.1. The zero-order valence-corrected chi connectivity index (χ0v) is 24.5. The molecule has 0 aromatic carbocycles. The molecule has 2 aromatic rings. The molecule has 1 N–H and O–H groups in total. The second kappa shape index (κ2) is 15.8. The van der Waals surface area contributed by atoms with Gasteiger partial charge in [-0.05, 0) is 17.0 Å². The van der Waals surface area contributed by atoms with Crippen LogP contribution in [0.15, 0.2) is 24.8 Å². The number of hydrogen-bond acceptors (Lipinski definition) is 6. The van der Waals surface area contributed by atoms with Crippen LogP contribution < -0.4 is 4.74 Å². The van der Waals surface area contributed by atoms with Gasteiger partial charge in [-0.15, -0.1) is 0 Å². The number of alkyl halides is 1. The van der Waals surface area contributed by atoms with Crippen LogP contribution in [0, 0.1) is 0 Å². The summed E-state index contributed by atoms with van der Waals surface area (Å²) in [4.78, 5) is 1.97. The van der Waals surface area contributed by atoms with Gasteiger partial charge >= 0.3 is 0 Å². The lowest BCUT2D eigenvalue weighted by atomic mass is 10.7. The zero-order chi connectivity index (χ0) is 23.9. The predicted octanol–water partition coefficient (Wildman–Crippen LogP) is 5.16. The van der Waals surface area contributed by atoms with Gasteiger partial charge < -0.3 is 19.3 Å². The molecule has 2 rings (SSSR count). The van der Waals surface area contributed by atoms with Gasteiger partial charge in [-0.1, -0.05) is 61.9 Å². The fourth-order valence-electron chi connectivity index (χ4n) is 2.02. The van der Waals surface area contributed by atoms with Gasteiger partial charge in [0.15, 0.2) is 11.5 Å². The van der Waals surface area contributed by atoms with E-state index in [9.17, 15) is 0 Å². The summed E-state index contributed by atoms with van der Waals surface area (Å²) in [6.07, 6.45) is 6.47. The molecule has 2 aromatic heterocycles. The van der Waals surface area contributed by atoms with Gasteiger partial charge in [-0.2, -0.15) is 10.2 Å². The number of halogens is 1. The Morgan fingerprint density at radius 3 is 1.65 bits per heavy atom. The van der Waals surface area contributed by atoms with Gasteiger partial charge in [0.2, 0.25) is 0 Å². The number of rotatable bonds is 11. The van der Waals surface area contributed by atoms with Gasteiger partial charge in [0.1, 0.15) is 13.5 Å². The molecule has 0 spiro atoms. The predicted molar refractivity (Wildman–Crippen MR) is 141 cm³/mol. The molecule has 0 amide bonds. The Morgan fingerprint density at radius 2 is 1.29 bits per heavy atom. The van der Waals surface area contributed by atoms with E-state index in [1.165, 1.54) is 12.2 Å². The fourth-order valence-corrected chi connectivity index (χ4v) is 3.53. The molecule has 0 bridgehead atoms. The summed E-state index contributed by atoms with van der Waals surface area (Å²) < 4.78 is 19.3. The van der Waals surface area contributed by atoms with E-state index in [-0.39, 0.29) is 5.75 Å². The van der Waals surface area contributed by atoms with Gasteiger partial charge in [0.25, 0.3) is 0 Å². The van der Waals surface area contributed by atoms with E-state index >= 15 is 0 Å². The Balaban J connectivity index is 0.000000539. The zero-order valence-electron chi connectivity index (χ0n) is 20.4. The first-order valence-corrected chi connectivity index (χ1v) is 19.9. The molecule has 0 saturated carbocycles. The lowest BCUT2D eigenvalue weighted by Crippen LogP contribution is -2.22. The van der Waals surface area contributed by atoms with E-state index in [1.54, 1.807) is 28.9 Å². The van der Waals surface area contributed by atoms with Crippen LogP contribution in [0.25, 0.3) is 0 Å². The smallest absolute Gasteiger partial charge is 0.156 e. The van der Waals surface area contributed by atoms with Crippen LogP contribution in [0.1, 0.15) is 0 Å². The van der Waals surface area contributed by atoms with Crippen molar-refractivity contribution in [1.82, 2.24) is 19.6 Å². The summed E-state index contributed by atoms with van der Waals surface area (Å²) >= 11 is 2.15. The highest BCUT2D eigenvalue weighted by Gasteiger charge is 2.12. The van der Waals surface area contributed by atoms with Crippen molar-refractivity contribution in [2.75, 3.05) is 25.3 Å². The highest BCUT2D eigenvalue weighted by Crippen LogP contribution is 2.10. The minimum Gasteiger partial charge on any atom is -0.505 e. The first kappa shape index (κ1) is 30.1. The fraction of sp³-hybridized carbons (Fsp3) is 0.700. The average Bonchev–Trinajstić information content (AvgIpc) is 3.32. The number of aromatic nitrogens is 4. The number of aromatic hydroxyl groups is 1. The van der Waals surface area contributed by atoms with Crippen molar-refractivity contribution >= 4 is 38.7 Å². The molecule has 0 aliphatic heterocycles. The van der Waals surface area contributed by atoms with Crippen molar-refractivity contribution < 1.29 is 19.3 Å². The molecule has 2 heterocycles. The van der Waals surface area contributed by atoms with Gasteiger partial charge in [0.05, 0.1) is 31.9 Å². The lowest BCUT2D eigenvalue weighted by Gasteiger charge is -2.15. The first-order valence-electron chi connectivity index (χ1n) is 10.3. The van der Waals surface area contributed by atoms with E-state index in [4.69, 9.17) is 19.3 Å². The summed E-state index contributed by atoms with van der Waals surface area (Å²) in [7, 11) is -0.338. The Labute approximate surface area is 203 Å². The molecule has 180 valence electrons. The van der Waals surface area contributed by atoms with Crippen LogP contribution in [0.3, 0.4) is 0 Å². The highest BCUT2D eigenvalue weighted by atomic mass is 127. The normalized spacial score (nSPS) is 11.3. The molecular weight excluding hydrogens is 543 g/mol. The maximum absolute atomic E-state index is 9.01. The summed E-state index contributed by atoms with van der Waals surface area (Å²) in [5.41, 5.74) is 0. The Bertz CT molecular complexity index is 700. The molecule has 0 aliphatic carbocycles. The summed E-state index contributed by atoms with van der Waals surface area (Å²) in [5, 5.41) is 17.0. The van der Waals surface area contributed by atoms with E-state index in [2.05, 4.69) is 72.1 Å². The molecule has 31 heavy (non-hydrogen) atoms.